The van der Waals surface area contributed by atoms with Crippen molar-refractivity contribution in [2.75, 3.05) is 10.6 Å². The molecule has 4 rings (SSSR count). The predicted molar refractivity (Wildman–Crippen MR) is 107 cm³/mol. The van der Waals surface area contributed by atoms with Crippen LogP contribution >= 0.6 is 11.6 Å². The first-order valence-electron chi connectivity index (χ1n) is 8.92. The molecule has 0 aliphatic heterocycles. The fraction of sp³-hybridized carbons (Fsp3) is 0.200. The van der Waals surface area contributed by atoms with E-state index in [4.69, 9.17) is 11.6 Å². The Morgan fingerprint density at radius 2 is 1.86 bits per heavy atom. The summed E-state index contributed by atoms with van der Waals surface area (Å²) in [6.07, 6.45) is 1.84. The van der Waals surface area contributed by atoms with Crippen molar-refractivity contribution in [1.29, 1.82) is 0 Å². The molecule has 0 saturated heterocycles. The molecule has 0 bridgehead atoms. The molecule has 2 amide bonds. The van der Waals surface area contributed by atoms with Gasteiger partial charge in [-0.05, 0) is 50.1 Å². The number of nitrogens with zero attached hydrogens (tertiary/aromatic N) is 3. The van der Waals surface area contributed by atoms with E-state index in [1.807, 2.05) is 30.3 Å². The Kier molecular flexibility index (Phi) is 4.83. The molecule has 1 saturated carbocycles. The molecular formula is C20H18ClN5O2. The van der Waals surface area contributed by atoms with Crippen LogP contribution in [-0.2, 0) is 4.79 Å². The molecule has 7 nitrogen and oxygen atoms in total. The van der Waals surface area contributed by atoms with Gasteiger partial charge in [0.2, 0.25) is 11.9 Å². The third-order valence-corrected chi connectivity index (χ3v) is 4.74. The Morgan fingerprint density at radius 1 is 1.11 bits per heavy atom. The molecule has 0 radical (unpaired) electrons. The Morgan fingerprint density at radius 3 is 2.54 bits per heavy atom. The summed E-state index contributed by atoms with van der Waals surface area (Å²) in [5.74, 6) is 0.490. The first-order valence-corrected chi connectivity index (χ1v) is 9.30. The predicted octanol–water partition coefficient (Wildman–Crippen LogP) is 3.83. The molecule has 0 atom stereocenters. The summed E-state index contributed by atoms with van der Waals surface area (Å²) in [4.78, 5) is 28.7. The Hall–Kier alpha value is -3.19. The van der Waals surface area contributed by atoms with Crippen molar-refractivity contribution in [3.05, 3.63) is 64.9 Å². The molecule has 1 aromatic heterocycles. The van der Waals surface area contributed by atoms with Crippen molar-refractivity contribution >= 4 is 35.1 Å². The number of carbonyl (C=O) groups is 2. The number of carbonyl (C=O) groups excluding carboxylic acids is 2. The molecular weight excluding hydrogens is 378 g/mol. The summed E-state index contributed by atoms with van der Waals surface area (Å²) in [7, 11) is 0. The maximum absolute atomic E-state index is 12.6. The standard InChI is InChI=1S/C20H18ClN5O2/c1-12-22-20(25-26(12)15-5-3-2-4-6-15)24-19(28)16-10-9-14(11-17(16)21)23-18(27)13-7-8-13/h2-6,9-11,13H,7-8H2,1H3,(H,23,27)(H,24,25,28). The van der Waals surface area contributed by atoms with Crippen LogP contribution in [0.25, 0.3) is 5.69 Å². The molecule has 0 spiro atoms. The van der Waals surface area contributed by atoms with Crippen molar-refractivity contribution < 1.29 is 9.59 Å². The van der Waals surface area contributed by atoms with Crippen LogP contribution in [-0.4, -0.2) is 26.6 Å². The monoisotopic (exact) mass is 395 g/mol. The van der Waals surface area contributed by atoms with E-state index in [1.165, 1.54) is 0 Å². The van der Waals surface area contributed by atoms with Gasteiger partial charge in [-0.1, -0.05) is 29.8 Å². The number of benzene rings is 2. The lowest BCUT2D eigenvalue weighted by Gasteiger charge is -2.08. The van der Waals surface area contributed by atoms with Gasteiger partial charge < -0.3 is 5.32 Å². The fourth-order valence-electron chi connectivity index (χ4n) is 2.79. The quantitative estimate of drug-likeness (QED) is 0.687. The van der Waals surface area contributed by atoms with Gasteiger partial charge in [0, 0.05) is 11.6 Å². The minimum atomic E-state index is -0.421. The zero-order chi connectivity index (χ0) is 19.7. The van der Waals surface area contributed by atoms with Crippen LogP contribution < -0.4 is 10.6 Å². The maximum atomic E-state index is 12.6. The molecule has 1 aliphatic carbocycles. The lowest BCUT2D eigenvalue weighted by molar-refractivity contribution is -0.117. The van der Waals surface area contributed by atoms with E-state index in [0.717, 1.165) is 18.5 Å². The highest BCUT2D eigenvalue weighted by Crippen LogP contribution is 2.31. The van der Waals surface area contributed by atoms with Crippen molar-refractivity contribution in [1.82, 2.24) is 14.8 Å². The van der Waals surface area contributed by atoms with E-state index in [1.54, 1.807) is 29.8 Å². The van der Waals surface area contributed by atoms with Crippen LogP contribution in [0.5, 0.6) is 0 Å². The van der Waals surface area contributed by atoms with E-state index in [-0.39, 0.29) is 28.4 Å². The van der Waals surface area contributed by atoms with Crippen LogP contribution in [0.1, 0.15) is 29.0 Å². The highest BCUT2D eigenvalue weighted by Gasteiger charge is 2.29. The van der Waals surface area contributed by atoms with Gasteiger partial charge in [-0.3, -0.25) is 14.9 Å². The number of para-hydroxylation sites is 1. The zero-order valence-electron chi connectivity index (χ0n) is 15.1. The van der Waals surface area contributed by atoms with E-state index in [0.29, 0.717) is 11.5 Å². The van der Waals surface area contributed by atoms with Crippen LogP contribution in [0.4, 0.5) is 11.6 Å². The molecule has 2 aromatic carbocycles. The van der Waals surface area contributed by atoms with Gasteiger partial charge in [0.05, 0.1) is 16.3 Å². The molecule has 3 aromatic rings. The van der Waals surface area contributed by atoms with Gasteiger partial charge in [-0.2, -0.15) is 4.98 Å². The SMILES string of the molecule is Cc1nc(NC(=O)c2ccc(NC(=O)C3CC3)cc2Cl)nn1-c1ccccc1. The van der Waals surface area contributed by atoms with E-state index < -0.39 is 5.91 Å². The normalized spacial score (nSPS) is 13.2. The molecule has 1 fully saturated rings. The van der Waals surface area contributed by atoms with E-state index in [2.05, 4.69) is 20.7 Å². The lowest BCUT2D eigenvalue weighted by atomic mass is 10.2. The van der Waals surface area contributed by atoms with Crippen LogP contribution in [0, 0.1) is 12.8 Å². The minimum absolute atomic E-state index is 0.0144. The number of hydrogen-bond acceptors (Lipinski definition) is 4. The summed E-state index contributed by atoms with van der Waals surface area (Å²) in [5, 5.41) is 10.0. The first kappa shape index (κ1) is 18.2. The summed E-state index contributed by atoms with van der Waals surface area (Å²) < 4.78 is 1.65. The average Bonchev–Trinajstić information content (AvgIpc) is 3.46. The van der Waals surface area contributed by atoms with Crippen molar-refractivity contribution in [3.8, 4) is 5.69 Å². The van der Waals surface area contributed by atoms with Gasteiger partial charge >= 0.3 is 0 Å². The zero-order valence-corrected chi connectivity index (χ0v) is 15.9. The molecule has 142 valence electrons. The highest BCUT2D eigenvalue weighted by atomic mass is 35.5. The first-order chi connectivity index (χ1) is 13.5. The summed E-state index contributed by atoms with van der Waals surface area (Å²) in [6, 6.07) is 14.3. The second-order valence-corrected chi connectivity index (χ2v) is 7.05. The molecule has 8 heteroatoms. The highest BCUT2D eigenvalue weighted by molar-refractivity contribution is 6.34. The second-order valence-electron chi connectivity index (χ2n) is 6.64. The van der Waals surface area contributed by atoms with Gasteiger partial charge in [-0.15, -0.1) is 5.10 Å². The Bertz CT molecular complexity index is 1040. The molecule has 28 heavy (non-hydrogen) atoms. The Balaban J connectivity index is 1.48. The molecule has 0 unspecified atom stereocenters. The number of aromatic nitrogens is 3. The van der Waals surface area contributed by atoms with Gasteiger partial charge in [0.1, 0.15) is 5.82 Å². The van der Waals surface area contributed by atoms with Gasteiger partial charge in [0.15, 0.2) is 0 Å². The molecule has 2 N–H and O–H groups in total. The van der Waals surface area contributed by atoms with Crippen molar-refractivity contribution in [2.24, 2.45) is 5.92 Å². The number of amides is 2. The minimum Gasteiger partial charge on any atom is -0.326 e. The van der Waals surface area contributed by atoms with Crippen molar-refractivity contribution in [2.45, 2.75) is 19.8 Å². The summed E-state index contributed by atoms with van der Waals surface area (Å²) in [5.41, 5.74) is 1.70. The van der Waals surface area contributed by atoms with Crippen LogP contribution in [0.2, 0.25) is 5.02 Å². The smallest absolute Gasteiger partial charge is 0.259 e. The number of anilines is 2. The topological polar surface area (TPSA) is 88.9 Å². The Labute approximate surface area is 166 Å². The summed E-state index contributed by atoms with van der Waals surface area (Å²) >= 11 is 6.24. The number of rotatable bonds is 5. The molecule has 1 aliphatic rings. The van der Waals surface area contributed by atoms with Crippen LogP contribution in [0.3, 0.4) is 0 Å². The number of nitrogens with one attached hydrogen (secondary N) is 2. The van der Waals surface area contributed by atoms with Gasteiger partial charge in [0.25, 0.3) is 5.91 Å². The average molecular weight is 396 g/mol. The number of halogens is 1. The number of aryl methyl sites for hydroxylation is 1. The molecule has 1 heterocycles. The van der Waals surface area contributed by atoms with Crippen molar-refractivity contribution in [3.63, 3.8) is 0 Å². The van der Waals surface area contributed by atoms with Gasteiger partial charge in [-0.25, -0.2) is 4.68 Å². The fourth-order valence-corrected chi connectivity index (χ4v) is 3.06. The van der Waals surface area contributed by atoms with Crippen LogP contribution in [0.15, 0.2) is 48.5 Å². The largest absolute Gasteiger partial charge is 0.326 e. The maximum Gasteiger partial charge on any atom is 0.259 e. The third kappa shape index (κ3) is 3.89. The second kappa shape index (κ2) is 7.44. The number of hydrogen-bond donors (Lipinski definition) is 2. The third-order valence-electron chi connectivity index (χ3n) is 4.42. The lowest BCUT2D eigenvalue weighted by Crippen LogP contribution is -2.15. The summed E-state index contributed by atoms with van der Waals surface area (Å²) in [6.45, 7) is 1.81. The van der Waals surface area contributed by atoms with E-state index >= 15 is 0 Å². The van der Waals surface area contributed by atoms with E-state index in [9.17, 15) is 9.59 Å².